The Morgan fingerprint density at radius 1 is 1.56 bits per heavy atom. The Balaban J connectivity index is 2.43. The summed E-state index contributed by atoms with van der Waals surface area (Å²) in [5.74, 6) is -0.706. The fourth-order valence-corrected chi connectivity index (χ4v) is 1.80. The van der Waals surface area contributed by atoms with E-state index < -0.39 is 5.97 Å². The normalized spacial score (nSPS) is 12.6. The molecule has 6 nitrogen and oxygen atoms in total. The van der Waals surface area contributed by atoms with Gasteiger partial charge in [-0.3, -0.25) is 4.40 Å². The van der Waals surface area contributed by atoms with Gasteiger partial charge in [0, 0.05) is 18.8 Å². The Kier molecular flexibility index (Phi) is 3.47. The molecule has 0 aromatic carbocycles. The maximum absolute atomic E-state index is 11.3. The van der Waals surface area contributed by atoms with Crippen LogP contribution in [-0.2, 0) is 0 Å². The van der Waals surface area contributed by atoms with Crippen LogP contribution in [0.15, 0.2) is 24.4 Å². The zero-order chi connectivity index (χ0) is 13.1. The van der Waals surface area contributed by atoms with Crippen LogP contribution in [0.1, 0.15) is 23.8 Å². The van der Waals surface area contributed by atoms with Crippen LogP contribution in [0.4, 0.5) is 5.82 Å². The summed E-state index contributed by atoms with van der Waals surface area (Å²) in [5.41, 5.74) is 0.684. The summed E-state index contributed by atoms with van der Waals surface area (Å²) >= 11 is 0. The van der Waals surface area contributed by atoms with Gasteiger partial charge in [0.1, 0.15) is 5.65 Å². The zero-order valence-electron chi connectivity index (χ0n) is 10.00. The summed E-state index contributed by atoms with van der Waals surface area (Å²) in [7, 11) is 0. The second-order valence-corrected chi connectivity index (χ2v) is 4.10. The average molecular weight is 249 g/mol. The summed E-state index contributed by atoms with van der Waals surface area (Å²) in [5, 5.41) is 21.1. The molecular weight excluding hydrogens is 234 g/mol. The number of aliphatic hydroxyl groups is 1. The van der Waals surface area contributed by atoms with Gasteiger partial charge in [-0.2, -0.15) is 0 Å². The van der Waals surface area contributed by atoms with E-state index >= 15 is 0 Å². The molecule has 0 aliphatic carbocycles. The second-order valence-electron chi connectivity index (χ2n) is 4.10. The second kappa shape index (κ2) is 5.05. The number of carboxylic acid groups (broad SMARTS) is 1. The Morgan fingerprint density at radius 3 is 3.00 bits per heavy atom. The van der Waals surface area contributed by atoms with Gasteiger partial charge in [-0.15, -0.1) is 0 Å². The fourth-order valence-electron chi connectivity index (χ4n) is 1.80. The van der Waals surface area contributed by atoms with Crippen molar-refractivity contribution in [2.45, 2.75) is 19.4 Å². The summed E-state index contributed by atoms with van der Waals surface area (Å²) in [6.45, 7) is 1.91. The van der Waals surface area contributed by atoms with Gasteiger partial charge < -0.3 is 15.5 Å². The van der Waals surface area contributed by atoms with Gasteiger partial charge in [-0.1, -0.05) is 6.07 Å². The number of fused-ring (bicyclic) bond motifs is 1. The highest BCUT2D eigenvalue weighted by molar-refractivity contribution is 5.93. The van der Waals surface area contributed by atoms with Gasteiger partial charge in [0.25, 0.3) is 0 Å². The van der Waals surface area contributed by atoms with Crippen molar-refractivity contribution in [3.05, 3.63) is 30.1 Å². The highest BCUT2D eigenvalue weighted by Crippen LogP contribution is 2.18. The standard InChI is InChI=1S/C12H15N3O3/c1-8(5-7-16)13-11-10(12(17)18)15-6-3-2-4-9(15)14-11/h2-4,6,8,13,16H,5,7H2,1H3,(H,17,18). The number of nitrogens with one attached hydrogen (secondary N) is 1. The number of nitrogens with zero attached hydrogens (tertiary/aromatic N) is 2. The molecule has 2 aromatic rings. The molecule has 2 heterocycles. The molecule has 0 radical (unpaired) electrons. The molecule has 18 heavy (non-hydrogen) atoms. The topological polar surface area (TPSA) is 86.9 Å². The number of hydrogen-bond acceptors (Lipinski definition) is 4. The number of rotatable bonds is 5. The Morgan fingerprint density at radius 2 is 2.33 bits per heavy atom. The third-order valence-corrected chi connectivity index (χ3v) is 2.68. The highest BCUT2D eigenvalue weighted by atomic mass is 16.4. The van der Waals surface area contributed by atoms with Crippen molar-refractivity contribution < 1.29 is 15.0 Å². The van der Waals surface area contributed by atoms with Crippen molar-refractivity contribution in [1.82, 2.24) is 9.38 Å². The summed E-state index contributed by atoms with van der Waals surface area (Å²) in [4.78, 5) is 15.5. The van der Waals surface area contributed by atoms with Crippen molar-refractivity contribution >= 4 is 17.4 Å². The van der Waals surface area contributed by atoms with Crippen LogP contribution in [0.2, 0.25) is 0 Å². The third-order valence-electron chi connectivity index (χ3n) is 2.68. The van der Waals surface area contributed by atoms with Crippen LogP contribution < -0.4 is 5.32 Å². The fraction of sp³-hybridized carbons (Fsp3) is 0.333. The number of aromatic nitrogens is 2. The quantitative estimate of drug-likeness (QED) is 0.741. The molecule has 0 aliphatic heterocycles. The van der Waals surface area contributed by atoms with Gasteiger partial charge in [-0.05, 0) is 25.5 Å². The number of pyridine rings is 1. The van der Waals surface area contributed by atoms with Crippen molar-refractivity contribution in [1.29, 1.82) is 0 Å². The third kappa shape index (κ3) is 2.28. The molecule has 1 atom stereocenters. The van der Waals surface area contributed by atoms with Crippen LogP contribution in [0.5, 0.6) is 0 Å². The van der Waals surface area contributed by atoms with E-state index in [0.29, 0.717) is 17.9 Å². The van der Waals surface area contributed by atoms with Gasteiger partial charge in [-0.25, -0.2) is 9.78 Å². The number of carboxylic acids is 1. The van der Waals surface area contributed by atoms with E-state index in [4.69, 9.17) is 5.11 Å². The SMILES string of the molecule is CC(CCO)Nc1nc2ccccn2c1C(=O)O. The Hall–Kier alpha value is -2.08. The number of aliphatic hydroxyl groups excluding tert-OH is 1. The minimum atomic E-state index is -1.03. The average Bonchev–Trinajstić information content (AvgIpc) is 2.66. The van der Waals surface area contributed by atoms with Crippen molar-refractivity contribution in [3.8, 4) is 0 Å². The molecule has 1 unspecified atom stereocenters. The lowest BCUT2D eigenvalue weighted by molar-refractivity contribution is 0.0690. The van der Waals surface area contributed by atoms with Crippen LogP contribution in [0.25, 0.3) is 5.65 Å². The maximum atomic E-state index is 11.3. The van der Waals surface area contributed by atoms with Crippen LogP contribution in [0, 0.1) is 0 Å². The lowest BCUT2D eigenvalue weighted by Crippen LogP contribution is -2.19. The monoisotopic (exact) mass is 249 g/mol. The van der Waals surface area contributed by atoms with Crippen molar-refractivity contribution in [3.63, 3.8) is 0 Å². The molecule has 2 aromatic heterocycles. The predicted octanol–water partition coefficient (Wildman–Crippen LogP) is 1.22. The van der Waals surface area contributed by atoms with Gasteiger partial charge in [0.15, 0.2) is 11.5 Å². The zero-order valence-corrected chi connectivity index (χ0v) is 10.00. The maximum Gasteiger partial charge on any atom is 0.356 e. The molecular formula is C12H15N3O3. The van der Waals surface area contributed by atoms with Crippen LogP contribution in [0.3, 0.4) is 0 Å². The molecule has 0 saturated heterocycles. The number of imidazole rings is 1. The van der Waals surface area contributed by atoms with E-state index in [1.165, 1.54) is 4.40 Å². The van der Waals surface area contributed by atoms with E-state index in [-0.39, 0.29) is 18.3 Å². The molecule has 3 N–H and O–H groups in total. The summed E-state index contributed by atoms with van der Waals surface area (Å²) in [6, 6.07) is 5.25. The molecule has 0 fully saturated rings. The number of hydrogen-bond donors (Lipinski definition) is 3. The Bertz CT molecular complexity index is 565. The molecule has 0 bridgehead atoms. The smallest absolute Gasteiger partial charge is 0.356 e. The van der Waals surface area contributed by atoms with Gasteiger partial charge >= 0.3 is 5.97 Å². The van der Waals surface area contributed by atoms with E-state index in [2.05, 4.69) is 10.3 Å². The van der Waals surface area contributed by atoms with E-state index in [1.54, 1.807) is 24.4 Å². The molecule has 2 rings (SSSR count). The molecule has 0 spiro atoms. The first-order valence-corrected chi connectivity index (χ1v) is 5.71. The van der Waals surface area contributed by atoms with Crippen LogP contribution >= 0.6 is 0 Å². The lowest BCUT2D eigenvalue weighted by Gasteiger charge is -2.11. The highest BCUT2D eigenvalue weighted by Gasteiger charge is 2.19. The van der Waals surface area contributed by atoms with Gasteiger partial charge in [0.2, 0.25) is 0 Å². The molecule has 6 heteroatoms. The first-order valence-electron chi connectivity index (χ1n) is 5.71. The van der Waals surface area contributed by atoms with Crippen molar-refractivity contribution in [2.75, 3.05) is 11.9 Å². The Labute approximate surface area is 104 Å². The minimum absolute atomic E-state index is 0.0435. The molecule has 0 saturated carbocycles. The molecule has 96 valence electrons. The van der Waals surface area contributed by atoms with Crippen molar-refractivity contribution in [2.24, 2.45) is 0 Å². The van der Waals surface area contributed by atoms with E-state index in [1.807, 2.05) is 6.92 Å². The number of aromatic carboxylic acids is 1. The number of carbonyl (C=O) groups is 1. The minimum Gasteiger partial charge on any atom is -0.476 e. The number of anilines is 1. The van der Waals surface area contributed by atoms with Crippen LogP contribution in [-0.4, -0.2) is 38.2 Å². The predicted molar refractivity (Wildman–Crippen MR) is 66.9 cm³/mol. The molecule has 0 aliphatic rings. The van der Waals surface area contributed by atoms with E-state index in [9.17, 15) is 9.90 Å². The summed E-state index contributed by atoms with van der Waals surface area (Å²) in [6.07, 6.45) is 2.20. The first-order chi connectivity index (χ1) is 8.63. The lowest BCUT2D eigenvalue weighted by atomic mass is 10.2. The van der Waals surface area contributed by atoms with E-state index in [0.717, 1.165) is 0 Å². The molecule has 0 amide bonds. The van der Waals surface area contributed by atoms with Gasteiger partial charge in [0.05, 0.1) is 0 Å². The summed E-state index contributed by atoms with van der Waals surface area (Å²) < 4.78 is 1.52. The first kappa shape index (κ1) is 12.4. The largest absolute Gasteiger partial charge is 0.476 e.